The number of hydrogen-bond donors (Lipinski definition) is 1. The Bertz CT molecular complexity index is 1240. The van der Waals surface area contributed by atoms with Gasteiger partial charge in [-0.1, -0.05) is 52.0 Å². The third kappa shape index (κ3) is 5.43. The Morgan fingerprint density at radius 3 is 2.48 bits per heavy atom. The van der Waals surface area contributed by atoms with Crippen molar-refractivity contribution in [1.29, 1.82) is 0 Å². The number of anilines is 1. The number of hydrogen-bond acceptors (Lipinski definition) is 4. The highest BCUT2D eigenvalue weighted by Gasteiger charge is 2.12. The maximum absolute atomic E-state index is 12.4. The van der Waals surface area contributed by atoms with Gasteiger partial charge in [0.25, 0.3) is 5.91 Å². The summed E-state index contributed by atoms with van der Waals surface area (Å²) in [5.74, 6) is 1.91. The van der Waals surface area contributed by atoms with Crippen LogP contribution >= 0.6 is 0 Å². The fourth-order valence-electron chi connectivity index (χ4n) is 3.63. The lowest BCUT2D eigenvalue weighted by Crippen LogP contribution is -2.20. The van der Waals surface area contributed by atoms with Gasteiger partial charge in [-0.15, -0.1) is 0 Å². The third-order valence-electron chi connectivity index (χ3n) is 5.90. The molecule has 0 aliphatic rings. The van der Waals surface area contributed by atoms with E-state index in [9.17, 15) is 4.79 Å². The second kappa shape index (κ2) is 9.90. The number of carbonyl (C=O) groups is 1. The molecule has 4 rings (SSSR count). The lowest BCUT2D eigenvalue weighted by molar-refractivity contribution is -0.118. The van der Waals surface area contributed by atoms with E-state index >= 15 is 0 Å². The van der Waals surface area contributed by atoms with Crippen molar-refractivity contribution in [2.45, 2.75) is 46.0 Å². The van der Waals surface area contributed by atoms with Crippen LogP contribution in [0.5, 0.6) is 5.75 Å². The van der Waals surface area contributed by atoms with E-state index in [1.54, 1.807) is 0 Å². The summed E-state index contributed by atoms with van der Waals surface area (Å²) >= 11 is 0. The monoisotopic (exact) mass is 442 g/mol. The summed E-state index contributed by atoms with van der Waals surface area (Å²) in [6, 6.07) is 21.5. The summed E-state index contributed by atoms with van der Waals surface area (Å²) in [6.07, 6.45) is 1.09. The topological polar surface area (TPSA) is 64.4 Å². The molecule has 5 heteroatoms. The Morgan fingerprint density at radius 1 is 1.00 bits per heavy atom. The van der Waals surface area contributed by atoms with Gasteiger partial charge in [0.05, 0.1) is 0 Å². The van der Waals surface area contributed by atoms with E-state index in [2.05, 4.69) is 62.3 Å². The zero-order valence-electron chi connectivity index (χ0n) is 19.6. The minimum Gasteiger partial charge on any atom is -0.484 e. The number of amides is 1. The third-order valence-corrected chi connectivity index (χ3v) is 5.90. The van der Waals surface area contributed by atoms with Gasteiger partial charge in [-0.3, -0.25) is 4.79 Å². The highest BCUT2D eigenvalue weighted by Crippen LogP contribution is 2.28. The molecule has 0 aliphatic heterocycles. The summed E-state index contributed by atoms with van der Waals surface area (Å²) in [5, 5.41) is 2.89. The SMILES string of the molecule is CC[C@H](C)c1ccc(OCC(=O)Nc2cccc(-c3nc4cc(C(C)C)ccc4o3)c2)cc1. The van der Waals surface area contributed by atoms with Crippen molar-refractivity contribution in [1.82, 2.24) is 4.98 Å². The van der Waals surface area contributed by atoms with Crippen LogP contribution in [-0.4, -0.2) is 17.5 Å². The summed E-state index contributed by atoms with van der Waals surface area (Å²) in [6.45, 7) is 8.61. The van der Waals surface area contributed by atoms with Gasteiger partial charge in [0.1, 0.15) is 11.3 Å². The Kier molecular flexibility index (Phi) is 6.78. The minimum absolute atomic E-state index is 0.0617. The highest BCUT2D eigenvalue weighted by atomic mass is 16.5. The van der Waals surface area contributed by atoms with Crippen LogP contribution in [0.25, 0.3) is 22.6 Å². The molecule has 0 aliphatic carbocycles. The molecule has 3 aromatic carbocycles. The average molecular weight is 443 g/mol. The number of benzene rings is 3. The molecule has 0 fully saturated rings. The molecule has 1 heterocycles. The number of ether oxygens (including phenoxy) is 1. The van der Waals surface area contributed by atoms with Gasteiger partial charge in [-0.05, 0) is 71.8 Å². The van der Waals surface area contributed by atoms with Gasteiger partial charge in [0.15, 0.2) is 12.2 Å². The Balaban J connectivity index is 1.40. The van der Waals surface area contributed by atoms with Gasteiger partial charge in [0.2, 0.25) is 5.89 Å². The second-order valence-corrected chi connectivity index (χ2v) is 8.70. The number of nitrogens with zero attached hydrogens (tertiary/aromatic N) is 1. The molecule has 5 nitrogen and oxygen atoms in total. The maximum Gasteiger partial charge on any atom is 0.262 e. The van der Waals surface area contributed by atoms with Crippen LogP contribution < -0.4 is 10.1 Å². The van der Waals surface area contributed by atoms with Crippen molar-refractivity contribution in [2.75, 3.05) is 11.9 Å². The number of aromatic nitrogens is 1. The van der Waals surface area contributed by atoms with Gasteiger partial charge in [-0.2, -0.15) is 0 Å². The molecule has 0 unspecified atom stereocenters. The quantitative estimate of drug-likeness (QED) is 0.315. The number of carbonyl (C=O) groups excluding carboxylic acids is 1. The maximum atomic E-state index is 12.4. The molecule has 1 amide bonds. The number of rotatable bonds is 8. The van der Waals surface area contributed by atoms with Crippen molar-refractivity contribution >= 4 is 22.7 Å². The first-order chi connectivity index (χ1) is 15.9. The molecule has 4 aromatic rings. The lowest BCUT2D eigenvalue weighted by Gasteiger charge is -2.11. The van der Waals surface area contributed by atoms with E-state index < -0.39 is 0 Å². The smallest absolute Gasteiger partial charge is 0.262 e. The molecule has 0 bridgehead atoms. The van der Waals surface area contributed by atoms with Gasteiger partial charge in [0, 0.05) is 11.3 Å². The van der Waals surface area contributed by atoms with E-state index in [-0.39, 0.29) is 12.5 Å². The summed E-state index contributed by atoms with van der Waals surface area (Å²) in [7, 11) is 0. The fourth-order valence-corrected chi connectivity index (χ4v) is 3.63. The molecule has 170 valence electrons. The Labute approximate surface area is 194 Å². The van der Waals surface area contributed by atoms with Crippen molar-refractivity contribution < 1.29 is 13.9 Å². The van der Waals surface area contributed by atoms with Gasteiger partial charge >= 0.3 is 0 Å². The van der Waals surface area contributed by atoms with Crippen LogP contribution in [0.2, 0.25) is 0 Å². The number of fused-ring (bicyclic) bond motifs is 1. The first-order valence-corrected chi connectivity index (χ1v) is 11.5. The largest absolute Gasteiger partial charge is 0.484 e. The van der Waals surface area contributed by atoms with Crippen molar-refractivity contribution in [3.05, 3.63) is 77.9 Å². The Morgan fingerprint density at radius 2 is 1.76 bits per heavy atom. The van der Waals surface area contributed by atoms with Crippen molar-refractivity contribution in [3.8, 4) is 17.2 Å². The first kappa shape index (κ1) is 22.6. The summed E-state index contributed by atoms with van der Waals surface area (Å²) < 4.78 is 11.6. The zero-order chi connectivity index (χ0) is 23.4. The second-order valence-electron chi connectivity index (χ2n) is 8.70. The number of nitrogens with one attached hydrogen (secondary N) is 1. The summed E-state index contributed by atoms with van der Waals surface area (Å²) in [5.41, 5.74) is 5.54. The average Bonchev–Trinajstić information content (AvgIpc) is 3.26. The van der Waals surface area contributed by atoms with Crippen LogP contribution in [0.4, 0.5) is 5.69 Å². The van der Waals surface area contributed by atoms with E-state index in [0.717, 1.165) is 23.1 Å². The van der Waals surface area contributed by atoms with Gasteiger partial charge < -0.3 is 14.5 Å². The van der Waals surface area contributed by atoms with Crippen LogP contribution in [-0.2, 0) is 4.79 Å². The molecular weight excluding hydrogens is 412 g/mol. The molecule has 0 saturated carbocycles. The Hall–Kier alpha value is -3.60. The molecule has 0 radical (unpaired) electrons. The summed E-state index contributed by atoms with van der Waals surface area (Å²) in [4.78, 5) is 17.1. The predicted octanol–water partition coefficient (Wildman–Crippen LogP) is 7.15. The van der Waals surface area contributed by atoms with Gasteiger partial charge in [-0.25, -0.2) is 4.98 Å². The lowest BCUT2D eigenvalue weighted by atomic mass is 9.99. The molecular formula is C28H30N2O3. The van der Waals surface area contributed by atoms with Crippen LogP contribution in [0.1, 0.15) is 57.1 Å². The number of oxazole rings is 1. The van der Waals surface area contributed by atoms with Crippen LogP contribution in [0, 0.1) is 0 Å². The highest BCUT2D eigenvalue weighted by molar-refractivity contribution is 5.92. The van der Waals surface area contributed by atoms with Crippen molar-refractivity contribution in [3.63, 3.8) is 0 Å². The van der Waals surface area contributed by atoms with Crippen molar-refractivity contribution in [2.24, 2.45) is 0 Å². The standard InChI is InChI=1S/C28H30N2O3/c1-5-19(4)20-9-12-24(13-10-20)32-17-27(31)29-23-8-6-7-22(15-23)28-30-25-16-21(18(2)3)11-14-26(25)33-28/h6-16,18-19H,5,17H2,1-4H3,(H,29,31)/t19-/m0/s1. The molecule has 0 saturated heterocycles. The first-order valence-electron chi connectivity index (χ1n) is 11.5. The zero-order valence-corrected chi connectivity index (χ0v) is 19.6. The fraction of sp³-hybridized carbons (Fsp3) is 0.286. The molecule has 0 spiro atoms. The molecule has 33 heavy (non-hydrogen) atoms. The van der Waals surface area contributed by atoms with E-state index in [1.807, 2.05) is 42.5 Å². The predicted molar refractivity (Wildman–Crippen MR) is 133 cm³/mol. The van der Waals surface area contributed by atoms with Crippen LogP contribution in [0.15, 0.2) is 71.1 Å². The van der Waals surface area contributed by atoms with Crippen LogP contribution in [0.3, 0.4) is 0 Å². The molecule has 1 atom stereocenters. The normalized spacial score (nSPS) is 12.2. The molecule has 1 N–H and O–H groups in total. The molecule has 1 aromatic heterocycles. The van der Waals surface area contributed by atoms with E-state index in [0.29, 0.717) is 29.2 Å². The van der Waals surface area contributed by atoms with E-state index in [1.165, 1.54) is 11.1 Å². The van der Waals surface area contributed by atoms with E-state index in [4.69, 9.17) is 9.15 Å². The minimum atomic E-state index is -0.225.